The Balaban J connectivity index is 1.67. The maximum atomic E-state index is 12.3. The summed E-state index contributed by atoms with van der Waals surface area (Å²) in [7, 11) is 0. The van der Waals surface area contributed by atoms with Gasteiger partial charge in [0.05, 0.1) is 19.8 Å². The minimum absolute atomic E-state index is 0.0824. The molecule has 0 N–H and O–H groups in total. The Morgan fingerprint density at radius 2 is 1.95 bits per heavy atom. The standard InChI is InChI=1S/C15H17N3O2/c19-15(17-8-10-20-11-9-17)14-4-2-13(3-5-14)12-18-7-1-6-16-18/h1-7H,8-12H2. The summed E-state index contributed by atoms with van der Waals surface area (Å²) in [5, 5.41) is 4.17. The minimum Gasteiger partial charge on any atom is -0.378 e. The summed E-state index contributed by atoms with van der Waals surface area (Å²) >= 11 is 0. The highest BCUT2D eigenvalue weighted by atomic mass is 16.5. The van der Waals surface area contributed by atoms with E-state index in [1.807, 2.05) is 46.1 Å². The van der Waals surface area contributed by atoms with Crippen LogP contribution >= 0.6 is 0 Å². The molecule has 104 valence electrons. The first-order chi connectivity index (χ1) is 9.83. The Hall–Kier alpha value is -2.14. The highest BCUT2D eigenvalue weighted by Gasteiger charge is 2.18. The number of hydrogen-bond acceptors (Lipinski definition) is 3. The van der Waals surface area contributed by atoms with Gasteiger partial charge in [0.2, 0.25) is 0 Å². The Bertz CT molecular complexity index is 557. The van der Waals surface area contributed by atoms with E-state index in [1.54, 1.807) is 6.20 Å². The molecule has 3 rings (SSSR count). The van der Waals surface area contributed by atoms with Gasteiger partial charge in [0, 0.05) is 31.0 Å². The lowest BCUT2D eigenvalue weighted by Gasteiger charge is -2.26. The molecule has 5 heteroatoms. The van der Waals surface area contributed by atoms with Gasteiger partial charge in [0.15, 0.2) is 0 Å². The Kier molecular flexibility index (Phi) is 3.78. The van der Waals surface area contributed by atoms with Gasteiger partial charge < -0.3 is 9.64 Å². The van der Waals surface area contributed by atoms with E-state index in [0.717, 1.165) is 17.7 Å². The van der Waals surface area contributed by atoms with Crippen molar-refractivity contribution in [1.29, 1.82) is 0 Å². The lowest BCUT2D eigenvalue weighted by molar-refractivity contribution is 0.0303. The maximum absolute atomic E-state index is 12.3. The summed E-state index contributed by atoms with van der Waals surface area (Å²) in [6.45, 7) is 3.33. The van der Waals surface area contributed by atoms with Crippen LogP contribution < -0.4 is 0 Å². The van der Waals surface area contributed by atoms with Crippen LogP contribution in [-0.4, -0.2) is 46.9 Å². The average Bonchev–Trinajstić information content (AvgIpc) is 3.01. The normalized spacial score (nSPS) is 15.3. The summed E-state index contributed by atoms with van der Waals surface area (Å²) in [4.78, 5) is 14.1. The number of benzene rings is 1. The lowest BCUT2D eigenvalue weighted by Crippen LogP contribution is -2.40. The van der Waals surface area contributed by atoms with E-state index in [9.17, 15) is 4.79 Å². The van der Waals surface area contributed by atoms with Gasteiger partial charge >= 0.3 is 0 Å². The van der Waals surface area contributed by atoms with Crippen molar-refractivity contribution in [2.45, 2.75) is 6.54 Å². The number of carbonyl (C=O) groups is 1. The van der Waals surface area contributed by atoms with Crippen LogP contribution in [0.5, 0.6) is 0 Å². The van der Waals surface area contributed by atoms with Crippen LogP contribution in [0.2, 0.25) is 0 Å². The number of hydrogen-bond donors (Lipinski definition) is 0. The van der Waals surface area contributed by atoms with Crippen molar-refractivity contribution in [1.82, 2.24) is 14.7 Å². The van der Waals surface area contributed by atoms with E-state index >= 15 is 0 Å². The molecule has 5 nitrogen and oxygen atoms in total. The van der Waals surface area contributed by atoms with Gasteiger partial charge in [-0.05, 0) is 23.8 Å². The van der Waals surface area contributed by atoms with Crippen LogP contribution in [0, 0.1) is 0 Å². The first-order valence-corrected chi connectivity index (χ1v) is 6.76. The van der Waals surface area contributed by atoms with Crippen LogP contribution in [0.15, 0.2) is 42.7 Å². The van der Waals surface area contributed by atoms with Crippen molar-refractivity contribution in [2.24, 2.45) is 0 Å². The van der Waals surface area contributed by atoms with E-state index < -0.39 is 0 Å². The fraction of sp³-hybridized carbons (Fsp3) is 0.333. The van der Waals surface area contributed by atoms with E-state index in [0.29, 0.717) is 26.3 Å². The molecule has 0 radical (unpaired) electrons. The molecule has 0 atom stereocenters. The summed E-state index contributed by atoms with van der Waals surface area (Å²) in [6.07, 6.45) is 3.68. The molecule has 1 aliphatic rings. The number of morpholine rings is 1. The van der Waals surface area contributed by atoms with Crippen LogP contribution in [0.25, 0.3) is 0 Å². The largest absolute Gasteiger partial charge is 0.378 e. The first kappa shape index (κ1) is 12.9. The third-order valence-corrected chi connectivity index (χ3v) is 3.40. The molecule has 1 aromatic carbocycles. The molecule has 0 saturated carbocycles. The molecule has 1 fully saturated rings. The second-order valence-electron chi connectivity index (χ2n) is 4.81. The topological polar surface area (TPSA) is 47.4 Å². The molecular weight excluding hydrogens is 254 g/mol. The van der Waals surface area contributed by atoms with Gasteiger partial charge in [-0.3, -0.25) is 9.48 Å². The molecule has 20 heavy (non-hydrogen) atoms. The van der Waals surface area contributed by atoms with Crippen molar-refractivity contribution >= 4 is 5.91 Å². The molecule has 1 saturated heterocycles. The number of aromatic nitrogens is 2. The summed E-state index contributed by atoms with van der Waals surface area (Å²) in [6, 6.07) is 9.63. The molecule has 0 unspecified atom stereocenters. The third kappa shape index (κ3) is 2.88. The fourth-order valence-corrected chi connectivity index (χ4v) is 2.28. The molecule has 2 aromatic rings. The van der Waals surface area contributed by atoms with Crippen LogP contribution in [0.4, 0.5) is 0 Å². The van der Waals surface area contributed by atoms with Crippen molar-refractivity contribution in [3.8, 4) is 0 Å². The molecule has 0 bridgehead atoms. The Labute approximate surface area is 117 Å². The third-order valence-electron chi connectivity index (χ3n) is 3.40. The van der Waals surface area contributed by atoms with E-state index in [-0.39, 0.29) is 5.91 Å². The zero-order chi connectivity index (χ0) is 13.8. The second-order valence-corrected chi connectivity index (χ2v) is 4.81. The van der Waals surface area contributed by atoms with E-state index in [2.05, 4.69) is 5.10 Å². The predicted molar refractivity (Wildman–Crippen MR) is 74.5 cm³/mol. The van der Waals surface area contributed by atoms with Gasteiger partial charge in [-0.25, -0.2) is 0 Å². The van der Waals surface area contributed by atoms with Gasteiger partial charge in [-0.1, -0.05) is 12.1 Å². The summed E-state index contributed by atoms with van der Waals surface area (Å²) in [5.41, 5.74) is 1.86. The summed E-state index contributed by atoms with van der Waals surface area (Å²) < 4.78 is 7.12. The summed E-state index contributed by atoms with van der Waals surface area (Å²) in [5.74, 6) is 0.0824. The maximum Gasteiger partial charge on any atom is 0.254 e. The van der Waals surface area contributed by atoms with Gasteiger partial charge in [-0.2, -0.15) is 5.10 Å². The highest BCUT2D eigenvalue weighted by molar-refractivity contribution is 5.94. The quantitative estimate of drug-likeness (QED) is 0.848. The van der Waals surface area contributed by atoms with Gasteiger partial charge in [-0.15, -0.1) is 0 Å². The first-order valence-electron chi connectivity index (χ1n) is 6.76. The monoisotopic (exact) mass is 271 g/mol. The van der Waals surface area contributed by atoms with Crippen molar-refractivity contribution in [3.05, 3.63) is 53.9 Å². The number of carbonyl (C=O) groups excluding carboxylic acids is 1. The van der Waals surface area contributed by atoms with E-state index in [1.165, 1.54) is 0 Å². The van der Waals surface area contributed by atoms with Crippen LogP contribution in [-0.2, 0) is 11.3 Å². The second kappa shape index (κ2) is 5.88. The average molecular weight is 271 g/mol. The molecule has 1 aromatic heterocycles. The molecule has 1 amide bonds. The number of nitrogens with zero attached hydrogens (tertiary/aromatic N) is 3. The SMILES string of the molecule is O=C(c1ccc(Cn2cccn2)cc1)N1CCOCC1. The van der Waals surface area contributed by atoms with Crippen LogP contribution in [0.1, 0.15) is 15.9 Å². The fourth-order valence-electron chi connectivity index (χ4n) is 2.28. The zero-order valence-corrected chi connectivity index (χ0v) is 11.2. The number of ether oxygens (including phenoxy) is 1. The highest BCUT2D eigenvalue weighted by Crippen LogP contribution is 2.10. The zero-order valence-electron chi connectivity index (χ0n) is 11.2. The molecule has 0 aliphatic carbocycles. The smallest absolute Gasteiger partial charge is 0.254 e. The lowest BCUT2D eigenvalue weighted by atomic mass is 10.1. The predicted octanol–water partition coefficient (Wildman–Crippen LogP) is 1.40. The van der Waals surface area contributed by atoms with Gasteiger partial charge in [0.1, 0.15) is 0 Å². The van der Waals surface area contributed by atoms with Crippen molar-refractivity contribution in [3.63, 3.8) is 0 Å². The van der Waals surface area contributed by atoms with Crippen molar-refractivity contribution < 1.29 is 9.53 Å². The Morgan fingerprint density at radius 3 is 2.60 bits per heavy atom. The van der Waals surface area contributed by atoms with Crippen molar-refractivity contribution in [2.75, 3.05) is 26.3 Å². The number of amides is 1. The minimum atomic E-state index is 0.0824. The van der Waals surface area contributed by atoms with Gasteiger partial charge in [0.25, 0.3) is 5.91 Å². The molecule has 2 heterocycles. The molecule has 0 spiro atoms. The molecular formula is C15H17N3O2. The van der Waals surface area contributed by atoms with Crippen LogP contribution in [0.3, 0.4) is 0 Å². The Morgan fingerprint density at radius 1 is 1.20 bits per heavy atom. The number of rotatable bonds is 3. The molecule has 1 aliphatic heterocycles. The van der Waals surface area contributed by atoms with E-state index in [4.69, 9.17) is 4.74 Å².